The molecule has 0 amide bonds. The van der Waals surface area contributed by atoms with Crippen molar-refractivity contribution in [3.63, 3.8) is 0 Å². The van der Waals surface area contributed by atoms with Crippen LogP contribution < -0.4 is 0 Å². The summed E-state index contributed by atoms with van der Waals surface area (Å²) in [4.78, 5) is 19.3. The first kappa shape index (κ1) is 16.5. The van der Waals surface area contributed by atoms with Gasteiger partial charge in [0.25, 0.3) is 0 Å². The fraction of sp³-hybridized carbons (Fsp3) is 0.312. The molecule has 7 nitrogen and oxygen atoms in total. The first-order valence-electron chi connectivity index (χ1n) is 7.48. The number of rotatable bonds is 4. The van der Waals surface area contributed by atoms with Crippen LogP contribution in [0.5, 0.6) is 0 Å². The smallest absolute Gasteiger partial charge is 0.337 e. The zero-order chi connectivity index (χ0) is 17.3. The van der Waals surface area contributed by atoms with Crippen LogP contribution in [0, 0.1) is 0 Å². The molecule has 0 unspecified atom stereocenters. The molecular formula is C16H17N3O4S. The predicted molar refractivity (Wildman–Crippen MR) is 88.0 cm³/mol. The van der Waals surface area contributed by atoms with Crippen LogP contribution in [-0.4, -0.2) is 46.6 Å². The van der Waals surface area contributed by atoms with Crippen molar-refractivity contribution >= 4 is 16.0 Å². The van der Waals surface area contributed by atoms with Gasteiger partial charge in [0.05, 0.1) is 23.6 Å². The Bertz CT molecular complexity index is 865. The number of hydrogen-bond acceptors (Lipinski definition) is 5. The molecule has 3 heterocycles. The number of carboxylic acid groups (broad SMARTS) is 1. The Balaban J connectivity index is 1.89. The van der Waals surface area contributed by atoms with Gasteiger partial charge in [0.15, 0.2) is 0 Å². The fourth-order valence-corrected chi connectivity index (χ4v) is 4.06. The maximum absolute atomic E-state index is 11.8. The van der Waals surface area contributed by atoms with Crippen molar-refractivity contribution in [2.24, 2.45) is 0 Å². The summed E-state index contributed by atoms with van der Waals surface area (Å²) in [6, 6.07) is 4.89. The van der Waals surface area contributed by atoms with E-state index in [1.165, 1.54) is 22.8 Å². The average molecular weight is 347 g/mol. The molecule has 1 fully saturated rings. The van der Waals surface area contributed by atoms with Gasteiger partial charge in [0, 0.05) is 36.3 Å². The standard InChI is InChI=1S/C16H17N3O4S/c1-24(22,23)19-6-2-3-15(19)14-5-4-11(10-18-14)12-7-13(16(20)21)9-17-8-12/h4-5,7-10,15H,2-3,6H2,1H3,(H,20,21)/t15-/m1/s1. The van der Waals surface area contributed by atoms with Gasteiger partial charge in [0.2, 0.25) is 10.0 Å². The highest BCUT2D eigenvalue weighted by molar-refractivity contribution is 7.88. The van der Waals surface area contributed by atoms with Gasteiger partial charge in [-0.15, -0.1) is 0 Å². The summed E-state index contributed by atoms with van der Waals surface area (Å²) in [6.45, 7) is 0.511. The summed E-state index contributed by atoms with van der Waals surface area (Å²) >= 11 is 0. The SMILES string of the molecule is CS(=O)(=O)N1CCC[C@@H]1c1ccc(-c2cncc(C(=O)O)c2)cn1. The number of aromatic carboxylic acids is 1. The number of carbonyl (C=O) groups is 1. The fourth-order valence-electron chi connectivity index (χ4n) is 2.92. The molecule has 0 spiro atoms. The highest BCUT2D eigenvalue weighted by atomic mass is 32.2. The average Bonchev–Trinajstić information content (AvgIpc) is 3.05. The third kappa shape index (κ3) is 3.29. The van der Waals surface area contributed by atoms with E-state index >= 15 is 0 Å². The molecule has 1 saturated heterocycles. The summed E-state index contributed by atoms with van der Waals surface area (Å²) in [5, 5.41) is 9.03. The largest absolute Gasteiger partial charge is 0.478 e. The monoisotopic (exact) mass is 347 g/mol. The van der Waals surface area contributed by atoms with E-state index in [0.29, 0.717) is 17.8 Å². The summed E-state index contributed by atoms with van der Waals surface area (Å²) in [6.07, 6.45) is 7.25. The third-order valence-electron chi connectivity index (χ3n) is 4.08. The summed E-state index contributed by atoms with van der Waals surface area (Å²) in [5.74, 6) is -1.04. The second kappa shape index (κ2) is 6.29. The molecule has 2 aromatic heterocycles. The molecule has 24 heavy (non-hydrogen) atoms. The minimum Gasteiger partial charge on any atom is -0.478 e. The molecule has 1 N–H and O–H groups in total. The van der Waals surface area contributed by atoms with Gasteiger partial charge in [-0.25, -0.2) is 13.2 Å². The van der Waals surface area contributed by atoms with Gasteiger partial charge < -0.3 is 5.11 Å². The van der Waals surface area contributed by atoms with Crippen LogP contribution in [0.3, 0.4) is 0 Å². The van der Waals surface area contributed by atoms with Crippen molar-refractivity contribution < 1.29 is 18.3 Å². The first-order chi connectivity index (χ1) is 11.4. The lowest BCUT2D eigenvalue weighted by molar-refractivity contribution is 0.0696. The number of hydrogen-bond donors (Lipinski definition) is 1. The lowest BCUT2D eigenvalue weighted by atomic mass is 10.1. The van der Waals surface area contributed by atoms with E-state index in [4.69, 9.17) is 5.11 Å². The Kier molecular flexibility index (Phi) is 4.33. The second-order valence-electron chi connectivity index (χ2n) is 5.77. The number of aromatic nitrogens is 2. The lowest BCUT2D eigenvalue weighted by Gasteiger charge is -2.21. The van der Waals surface area contributed by atoms with Crippen LogP contribution in [-0.2, 0) is 10.0 Å². The Morgan fingerprint density at radius 3 is 2.67 bits per heavy atom. The van der Waals surface area contributed by atoms with Crippen molar-refractivity contribution in [1.29, 1.82) is 0 Å². The summed E-state index contributed by atoms with van der Waals surface area (Å²) in [5.41, 5.74) is 2.19. The van der Waals surface area contributed by atoms with Crippen LogP contribution >= 0.6 is 0 Å². The Morgan fingerprint density at radius 1 is 1.25 bits per heavy atom. The van der Waals surface area contributed by atoms with Crippen LogP contribution in [0.25, 0.3) is 11.1 Å². The number of sulfonamides is 1. The highest BCUT2D eigenvalue weighted by Gasteiger charge is 2.33. The minimum absolute atomic E-state index is 0.107. The summed E-state index contributed by atoms with van der Waals surface area (Å²) < 4.78 is 25.2. The van der Waals surface area contributed by atoms with Crippen molar-refractivity contribution in [1.82, 2.24) is 14.3 Å². The molecule has 0 saturated carbocycles. The van der Waals surface area contributed by atoms with Crippen molar-refractivity contribution in [2.75, 3.05) is 12.8 Å². The Morgan fingerprint density at radius 2 is 2.04 bits per heavy atom. The van der Waals surface area contributed by atoms with Gasteiger partial charge in [-0.1, -0.05) is 6.07 Å². The maximum atomic E-state index is 11.8. The zero-order valence-electron chi connectivity index (χ0n) is 13.1. The third-order valence-corrected chi connectivity index (χ3v) is 5.36. The van der Waals surface area contributed by atoms with E-state index in [1.807, 2.05) is 6.07 Å². The van der Waals surface area contributed by atoms with Gasteiger partial charge in [-0.3, -0.25) is 9.97 Å². The van der Waals surface area contributed by atoms with Gasteiger partial charge in [-0.2, -0.15) is 4.31 Å². The van der Waals surface area contributed by atoms with Crippen LogP contribution in [0.4, 0.5) is 0 Å². The van der Waals surface area contributed by atoms with E-state index in [0.717, 1.165) is 18.4 Å². The topological polar surface area (TPSA) is 100 Å². The summed E-state index contributed by atoms with van der Waals surface area (Å²) in [7, 11) is -3.26. The molecule has 3 rings (SSSR count). The lowest BCUT2D eigenvalue weighted by Crippen LogP contribution is -2.29. The molecule has 0 radical (unpaired) electrons. The second-order valence-corrected chi connectivity index (χ2v) is 7.71. The Hall–Kier alpha value is -2.32. The molecular weight excluding hydrogens is 330 g/mol. The maximum Gasteiger partial charge on any atom is 0.337 e. The normalized spacial score (nSPS) is 18.6. The molecule has 0 aromatic carbocycles. The minimum atomic E-state index is -3.26. The van der Waals surface area contributed by atoms with Crippen molar-refractivity contribution in [2.45, 2.75) is 18.9 Å². The van der Waals surface area contributed by atoms with Crippen LogP contribution in [0.1, 0.15) is 34.9 Å². The van der Waals surface area contributed by atoms with E-state index in [2.05, 4.69) is 9.97 Å². The zero-order valence-corrected chi connectivity index (χ0v) is 13.9. The molecule has 2 aromatic rings. The van der Waals surface area contributed by atoms with Crippen LogP contribution in [0.2, 0.25) is 0 Å². The van der Waals surface area contributed by atoms with Crippen molar-refractivity contribution in [3.8, 4) is 11.1 Å². The number of carboxylic acids is 1. The molecule has 1 aliphatic heterocycles. The molecule has 0 bridgehead atoms. The molecule has 8 heteroatoms. The van der Waals surface area contributed by atoms with Gasteiger partial charge >= 0.3 is 5.97 Å². The molecule has 126 valence electrons. The van der Waals surface area contributed by atoms with E-state index in [9.17, 15) is 13.2 Å². The van der Waals surface area contributed by atoms with E-state index in [1.54, 1.807) is 18.5 Å². The molecule has 1 aliphatic rings. The predicted octanol–water partition coefficient (Wildman–Crippen LogP) is 1.94. The number of nitrogens with zero attached hydrogens (tertiary/aromatic N) is 3. The number of pyridine rings is 2. The van der Waals surface area contributed by atoms with Crippen LogP contribution in [0.15, 0.2) is 36.8 Å². The van der Waals surface area contributed by atoms with Crippen molar-refractivity contribution in [3.05, 3.63) is 48.0 Å². The highest BCUT2D eigenvalue weighted by Crippen LogP contribution is 2.33. The first-order valence-corrected chi connectivity index (χ1v) is 9.32. The van der Waals surface area contributed by atoms with Gasteiger partial charge in [0.1, 0.15) is 0 Å². The molecule has 0 aliphatic carbocycles. The quantitative estimate of drug-likeness (QED) is 0.907. The van der Waals surface area contributed by atoms with Gasteiger partial charge in [-0.05, 0) is 25.0 Å². The Labute approximate surface area is 140 Å². The van der Waals surface area contributed by atoms with E-state index < -0.39 is 16.0 Å². The van der Waals surface area contributed by atoms with E-state index in [-0.39, 0.29) is 11.6 Å². The molecule has 1 atom stereocenters.